The van der Waals surface area contributed by atoms with Gasteiger partial charge < -0.3 is 10.2 Å². The number of hydrazine groups is 1. The average molecular weight is 250 g/mol. The first-order valence-electron chi connectivity index (χ1n) is 6.10. The number of nitrogens with zero attached hydrogens (tertiary/aromatic N) is 1. The minimum atomic E-state index is -0.255. The third kappa shape index (κ3) is 4.83. The Kier molecular flexibility index (Phi) is 6.35. The summed E-state index contributed by atoms with van der Waals surface area (Å²) >= 11 is 0. The molecule has 0 saturated heterocycles. The zero-order valence-electron chi connectivity index (χ0n) is 11.1. The summed E-state index contributed by atoms with van der Waals surface area (Å²) in [6, 6.07) is 7.52. The number of hydrogen-bond donors (Lipinski definition) is 3. The maximum absolute atomic E-state index is 11.4. The van der Waals surface area contributed by atoms with Gasteiger partial charge in [-0.05, 0) is 51.3 Å². The summed E-state index contributed by atoms with van der Waals surface area (Å²) in [7, 11) is 4.03. The third-order valence-corrected chi connectivity index (χ3v) is 2.74. The molecule has 4 N–H and O–H groups in total. The van der Waals surface area contributed by atoms with Crippen molar-refractivity contribution in [1.29, 1.82) is 0 Å². The van der Waals surface area contributed by atoms with Gasteiger partial charge in [-0.25, -0.2) is 5.84 Å². The molecule has 5 nitrogen and oxygen atoms in total. The van der Waals surface area contributed by atoms with Gasteiger partial charge in [0.05, 0.1) is 0 Å². The predicted molar refractivity (Wildman–Crippen MR) is 73.0 cm³/mol. The fraction of sp³-hybridized carbons (Fsp3) is 0.462. The zero-order chi connectivity index (χ0) is 13.4. The van der Waals surface area contributed by atoms with Crippen LogP contribution >= 0.6 is 0 Å². The molecule has 0 atom stereocenters. The minimum absolute atomic E-state index is 0.255. The molecule has 1 aromatic carbocycles. The number of amides is 1. The number of nitrogens with two attached hydrogens (primary N) is 1. The molecule has 0 bridgehead atoms. The van der Waals surface area contributed by atoms with Crippen molar-refractivity contribution in [3.05, 3.63) is 35.4 Å². The van der Waals surface area contributed by atoms with E-state index in [-0.39, 0.29) is 5.91 Å². The van der Waals surface area contributed by atoms with Crippen LogP contribution in [0.3, 0.4) is 0 Å². The quantitative estimate of drug-likeness (QED) is 0.282. The monoisotopic (exact) mass is 250 g/mol. The molecule has 0 heterocycles. The molecule has 0 fully saturated rings. The Labute approximate surface area is 108 Å². The van der Waals surface area contributed by atoms with Crippen molar-refractivity contribution in [2.75, 3.05) is 27.2 Å². The summed E-state index contributed by atoms with van der Waals surface area (Å²) in [6.07, 6.45) is 1.11. The highest BCUT2D eigenvalue weighted by Gasteiger charge is 2.05. The summed E-state index contributed by atoms with van der Waals surface area (Å²) in [6.45, 7) is 2.86. The van der Waals surface area contributed by atoms with E-state index in [1.54, 1.807) is 6.07 Å². The lowest BCUT2D eigenvalue weighted by Gasteiger charge is -2.16. The SMILES string of the molecule is CNCCCN(C)Cc1cccc(C(=O)NN)c1. The van der Waals surface area contributed by atoms with Crippen LogP contribution in [0.15, 0.2) is 24.3 Å². The molecule has 0 saturated carbocycles. The summed E-state index contributed by atoms with van der Waals surface area (Å²) in [5, 5.41) is 3.13. The fourth-order valence-corrected chi connectivity index (χ4v) is 1.81. The summed E-state index contributed by atoms with van der Waals surface area (Å²) in [5.41, 5.74) is 3.85. The van der Waals surface area contributed by atoms with E-state index in [1.165, 1.54) is 0 Å². The molecule has 0 aliphatic heterocycles. The van der Waals surface area contributed by atoms with Gasteiger partial charge in [-0.1, -0.05) is 12.1 Å². The second-order valence-electron chi connectivity index (χ2n) is 4.37. The van der Waals surface area contributed by atoms with Crippen LogP contribution in [0.5, 0.6) is 0 Å². The Balaban J connectivity index is 2.53. The zero-order valence-corrected chi connectivity index (χ0v) is 11.1. The standard InChI is InChI=1S/C13H22N4O/c1-15-7-4-8-17(2)10-11-5-3-6-12(9-11)13(18)16-14/h3,5-6,9,15H,4,7-8,10,14H2,1-2H3,(H,16,18). The highest BCUT2D eigenvalue weighted by atomic mass is 16.2. The molecule has 0 aliphatic carbocycles. The van der Waals surface area contributed by atoms with Crippen molar-refractivity contribution < 1.29 is 4.79 Å². The number of nitrogens with one attached hydrogen (secondary N) is 2. The van der Waals surface area contributed by atoms with Crippen molar-refractivity contribution in [3.63, 3.8) is 0 Å². The van der Waals surface area contributed by atoms with Crippen molar-refractivity contribution in [1.82, 2.24) is 15.6 Å². The Bertz CT molecular complexity index is 381. The molecule has 18 heavy (non-hydrogen) atoms. The summed E-state index contributed by atoms with van der Waals surface area (Å²) in [5.74, 6) is 4.86. The maximum atomic E-state index is 11.4. The lowest BCUT2D eigenvalue weighted by atomic mass is 10.1. The van der Waals surface area contributed by atoms with Gasteiger partial charge in [-0.3, -0.25) is 10.2 Å². The van der Waals surface area contributed by atoms with E-state index in [9.17, 15) is 4.79 Å². The number of carbonyl (C=O) groups excluding carboxylic acids is 1. The molecule has 0 unspecified atom stereocenters. The molecule has 1 aromatic rings. The third-order valence-electron chi connectivity index (χ3n) is 2.74. The van der Waals surface area contributed by atoms with Gasteiger partial charge in [0.1, 0.15) is 0 Å². The van der Waals surface area contributed by atoms with Crippen molar-refractivity contribution in [2.45, 2.75) is 13.0 Å². The van der Waals surface area contributed by atoms with Crippen LogP contribution in [0, 0.1) is 0 Å². The Morgan fingerprint density at radius 3 is 2.89 bits per heavy atom. The van der Waals surface area contributed by atoms with Crippen LogP contribution in [0.2, 0.25) is 0 Å². The smallest absolute Gasteiger partial charge is 0.265 e. The van der Waals surface area contributed by atoms with Crippen molar-refractivity contribution >= 4 is 5.91 Å². The number of carbonyl (C=O) groups is 1. The van der Waals surface area contributed by atoms with Gasteiger partial charge in [0.2, 0.25) is 0 Å². The Morgan fingerprint density at radius 2 is 2.22 bits per heavy atom. The summed E-state index contributed by atoms with van der Waals surface area (Å²) in [4.78, 5) is 13.6. The first-order valence-corrected chi connectivity index (χ1v) is 6.10. The van der Waals surface area contributed by atoms with Gasteiger partial charge in [-0.15, -0.1) is 0 Å². The van der Waals surface area contributed by atoms with Crippen molar-refractivity contribution in [3.8, 4) is 0 Å². The molecule has 0 aliphatic rings. The van der Waals surface area contributed by atoms with E-state index in [0.29, 0.717) is 5.56 Å². The molecular weight excluding hydrogens is 228 g/mol. The Hall–Kier alpha value is -1.43. The van der Waals surface area contributed by atoms with Crippen LogP contribution < -0.4 is 16.6 Å². The molecular formula is C13H22N4O. The number of benzene rings is 1. The molecule has 1 amide bonds. The van der Waals surface area contributed by atoms with Gasteiger partial charge in [0.25, 0.3) is 5.91 Å². The fourth-order valence-electron chi connectivity index (χ4n) is 1.81. The van der Waals surface area contributed by atoms with Crippen LogP contribution in [0.25, 0.3) is 0 Å². The van der Waals surface area contributed by atoms with Crippen LogP contribution in [-0.2, 0) is 6.54 Å². The van der Waals surface area contributed by atoms with Gasteiger partial charge >= 0.3 is 0 Å². The molecule has 0 aromatic heterocycles. The topological polar surface area (TPSA) is 70.4 Å². The molecule has 0 radical (unpaired) electrons. The van der Waals surface area contributed by atoms with Gasteiger partial charge in [0.15, 0.2) is 0 Å². The second kappa shape index (κ2) is 7.81. The molecule has 1 rings (SSSR count). The van der Waals surface area contributed by atoms with E-state index in [0.717, 1.165) is 31.6 Å². The molecule has 100 valence electrons. The van der Waals surface area contributed by atoms with Crippen molar-refractivity contribution in [2.24, 2.45) is 5.84 Å². The second-order valence-corrected chi connectivity index (χ2v) is 4.37. The van der Waals surface area contributed by atoms with E-state index in [1.807, 2.05) is 25.2 Å². The number of hydrogen-bond acceptors (Lipinski definition) is 4. The Morgan fingerprint density at radius 1 is 1.44 bits per heavy atom. The average Bonchev–Trinajstić information content (AvgIpc) is 2.38. The lowest BCUT2D eigenvalue weighted by molar-refractivity contribution is 0.0953. The maximum Gasteiger partial charge on any atom is 0.265 e. The van der Waals surface area contributed by atoms with Gasteiger partial charge in [0, 0.05) is 12.1 Å². The largest absolute Gasteiger partial charge is 0.320 e. The molecule has 5 heteroatoms. The number of rotatable bonds is 7. The predicted octanol–water partition coefficient (Wildman–Crippen LogP) is 0.331. The highest BCUT2D eigenvalue weighted by molar-refractivity contribution is 5.93. The normalized spacial score (nSPS) is 10.7. The first kappa shape index (κ1) is 14.6. The van der Waals surface area contributed by atoms with E-state index in [4.69, 9.17) is 5.84 Å². The molecule has 0 spiro atoms. The number of nitrogen functional groups attached to an aromatic ring is 1. The first-order chi connectivity index (χ1) is 8.67. The van der Waals surface area contributed by atoms with Gasteiger partial charge in [-0.2, -0.15) is 0 Å². The van der Waals surface area contributed by atoms with Crippen LogP contribution in [0.4, 0.5) is 0 Å². The van der Waals surface area contributed by atoms with Crippen LogP contribution in [0.1, 0.15) is 22.3 Å². The lowest BCUT2D eigenvalue weighted by Crippen LogP contribution is -2.30. The van der Waals surface area contributed by atoms with E-state index < -0.39 is 0 Å². The van der Waals surface area contributed by atoms with E-state index in [2.05, 4.69) is 22.7 Å². The highest BCUT2D eigenvalue weighted by Crippen LogP contribution is 2.07. The minimum Gasteiger partial charge on any atom is -0.320 e. The summed E-state index contributed by atoms with van der Waals surface area (Å²) < 4.78 is 0. The van der Waals surface area contributed by atoms with Crippen LogP contribution in [-0.4, -0.2) is 38.0 Å². The van der Waals surface area contributed by atoms with E-state index >= 15 is 0 Å².